The largest absolute Gasteiger partial charge is 0.497 e. The minimum absolute atomic E-state index is 0.104. The maximum Gasteiger partial charge on any atom is 0.261 e. The van der Waals surface area contributed by atoms with Crippen LogP contribution in [0.25, 0.3) is 0 Å². The molecule has 9 heteroatoms. The lowest BCUT2D eigenvalue weighted by molar-refractivity contribution is -0.124. The van der Waals surface area contributed by atoms with Crippen LogP contribution in [0.15, 0.2) is 53.4 Å². The summed E-state index contributed by atoms with van der Waals surface area (Å²) in [5, 5.41) is 2.93. The van der Waals surface area contributed by atoms with Gasteiger partial charge in [0.25, 0.3) is 15.9 Å². The molecule has 0 aliphatic carbocycles. The Morgan fingerprint density at radius 1 is 1.09 bits per heavy atom. The first-order valence-electron chi connectivity index (χ1n) is 11.1. The Labute approximate surface area is 195 Å². The zero-order valence-corrected chi connectivity index (χ0v) is 20.0. The minimum atomic E-state index is -3.78. The number of nitrogens with one attached hydrogen (secondary N) is 2. The maximum atomic E-state index is 13.0. The topological polar surface area (TPSA) is 105 Å². The zero-order valence-electron chi connectivity index (χ0n) is 19.2. The van der Waals surface area contributed by atoms with Crippen LogP contribution in [0, 0.1) is 5.92 Å². The maximum absolute atomic E-state index is 13.0. The van der Waals surface area contributed by atoms with Crippen LogP contribution in [0.2, 0.25) is 0 Å². The molecule has 2 aromatic carbocycles. The van der Waals surface area contributed by atoms with E-state index in [0.29, 0.717) is 42.4 Å². The van der Waals surface area contributed by atoms with Crippen LogP contribution in [0.5, 0.6) is 5.75 Å². The molecule has 0 aromatic heterocycles. The first kappa shape index (κ1) is 24.6. The number of hydrogen-bond acceptors (Lipinski definition) is 5. The van der Waals surface area contributed by atoms with Crippen molar-refractivity contribution >= 4 is 27.5 Å². The van der Waals surface area contributed by atoms with Crippen LogP contribution >= 0.6 is 0 Å². The number of nitrogens with zero attached hydrogens (tertiary/aromatic N) is 1. The van der Waals surface area contributed by atoms with Gasteiger partial charge in [0, 0.05) is 24.3 Å². The number of hydrogen-bond donors (Lipinski definition) is 2. The van der Waals surface area contributed by atoms with Crippen LogP contribution in [0.4, 0.5) is 5.69 Å². The molecule has 2 N–H and O–H groups in total. The highest BCUT2D eigenvalue weighted by Gasteiger charge is 2.34. The molecule has 1 aliphatic heterocycles. The summed E-state index contributed by atoms with van der Waals surface area (Å²) in [6.07, 6.45) is 2.30. The van der Waals surface area contributed by atoms with Crippen molar-refractivity contribution in [3.05, 3.63) is 54.1 Å². The first-order chi connectivity index (χ1) is 15.7. The van der Waals surface area contributed by atoms with E-state index in [1.807, 2.05) is 0 Å². The minimum Gasteiger partial charge on any atom is -0.497 e. The molecule has 2 aromatic rings. The number of likely N-dealkylation sites (tertiary alicyclic amines) is 1. The van der Waals surface area contributed by atoms with Gasteiger partial charge in [-0.2, -0.15) is 0 Å². The van der Waals surface area contributed by atoms with Gasteiger partial charge >= 0.3 is 0 Å². The Hall–Kier alpha value is -3.07. The van der Waals surface area contributed by atoms with Crippen LogP contribution in [-0.2, 0) is 14.8 Å². The third-order valence-electron chi connectivity index (χ3n) is 5.59. The van der Waals surface area contributed by atoms with Gasteiger partial charge in [-0.1, -0.05) is 13.8 Å². The summed E-state index contributed by atoms with van der Waals surface area (Å²) < 4.78 is 32.8. The third-order valence-corrected chi connectivity index (χ3v) is 6.99. The summed E-state index contributed by atoms with van der Waals surface area (Å²) in [5.74, 6) is 0.698. The first-order valence-corrected chi connectivity index (χ1v) is 12.5. The fourth-order valence-electron chi connectivity index (χ4n) is 3.70. The van der Waals surface area contributed by atoms with E-state index in [1.165, 1.54) is 19.2 Å². The van der Waals surface area contributed by atoms with Gasteiger partial charge in [-0.25, -0.2) is 8.42 Å². The molecule has 0 bridgehead atoms. The number of amides is 2. The number of benzene rings is 2. The van der Waals surface area contributed by atoms with Crippen molar-refractivity contribution in [3.8, 4) is 5.75 Å². The summed E-state index contributed by atoms with van der Waals surface area (Å²) in [4.78, 5) is 27.3. The van der Waals surface area contributed by atoms with E-state index in [-0.39, 0.29) is 16.7 Å². The van der Waals surface area contributed by atoms with Crippen molar-refractivity contribution in [2.75, 3.05) is 24.9 Å². The molecule has 33 heavy (non-hydrogen) atoms. The molecule has 1 aliphatic rings. The molecule has 1 fully saturated rings. The number of rotatable bonds is 9. The number of methoxy groups -OCH3 is 1. The Bertz CT molecular complexity index is 1070. The van der Waals surface area contributed by atoms with E-state index >= 15 is 0 Å². The second kappa shape index (κ2) is 10.7. The zero-order chi connectivity index (χ0) is 24.0. The van der Waals surface area contributed by atoms with E-state index in [9.17, 15) is 18.0 Å². The number of ether oxygens (including phenoxy) is 1. The molecule has 0 saturated carbocycles. The predicted molar refractivity (Wildman–Crippen MR) is 127 cm³/mol. The van der Waals surface area contributed by atoms with Gasteiger partial charge in [0.2, 0.25) is 5.91 Å². The lowest BCUT2D eigenvalue weighted by Crippen LogP contribution is -2.46. The Kier molecular flexibility index (Phi) is 7.97. The van der Waals surface area contributed by atoms with Gasteiger partial charge in [0.1, 0.15) is 11.8 Å². The van der Waals surface area contributed by atoms with Gasteiger partial charge in [-0.15, -0.1) is 0 Å². The summed E-state index contributed by atoms with van der Waals surface area (Å²) in [7, 11) is -2.27. The second-order valence-electron chi connectivity index (χ2n) is 8.49. The van der Waals surface area contributed by atoms with Gasteiger partial charge in [-0.3, -0.25) is 14.3 Å². The molecular weight excluding hydrogens is 442 g/mol. The van der Waals surface area contributed by atoms with Gasteiger partial charge < -0.3 is 15.0 Å². The Balaban J connectivity index is 1.65. The number of anilines is 1. The molecule has 178 valence electrons. The average molecular weight is 474 g/mol. The quantitative estimate of drug-likeness (QED) is 0.582. The van der Waals surface area contributed by atoms with Crippen molar-refractivity contribution < 1.29 is 22.7 Å². The Morgan fingerprint density at radius 3 is 2.36 bits per heavy atom. The summed E-state index contributed by atoms with van der Waals surface area (Å²) in [6.45, 7) is 5.31. The van der Waals surface area contributed by atoms with Gasteiger partial charge in [0.05, 0.1) is 12.0 Å². The van der Waals surface area contributed by atoms with Gasteiger partial charge in [-0.05, 0) is 73.7 Å². The van der Waals surface area contributed by atoms with Crippen LogP contribution in [0.1, 0.15) is 43.5 Å². The normalized spacial score (nSPS) is 16.0. The van der Waals surface area contributed by atoms with Crippen molar-refractivity contribution in [1.29, 1.82) is 0 Å². The van der Waals surface area contributed by atoms with E-state index in [1.54, 1.807) is 41.3 Å². The number of carbonyl (C=O) groups is 2. The van der Waals surface area contributed by atoms with Crippen LogP contribution in [0.3, 0.4) is 0 Å². The van der Waals surface area contributed by atoms with Crippen LogP contribution in [-0.4, -0.2) is 51.4 Å². The molecule has 0 spiro atoms. The van der Waals surface area contributed by atoms with E-state index in [4.69, 9.17) is 4.74 Å². The van der Waals surface area contributed by atoms with Crippen molar-refractivity contribution in [1.82, 2.24) is 10.2 Å². The molecule has 3 rings (SSSR count). The fraction of sp³-hybridized carbons (Fsp3) is 0.417. The monoisotopic (exact) mass is 473 g/mol. The molecule has 1 heterocycles. The summed E-state index contributed by atoms with van der Waals surface area (Å²) in [5.41, 5.74) is 0.746. The smallest absolute Gasteiger partial charge is 0.261 e. The lowest BCUT2D eigenvalue weighted by atomic mass is 10.1. The third kappa shape index (κ3) is 6.25. The molecule has 1 unspecified atom stereocenters. The molecule has 2 amide bonds. The molecule has 8 nitrogen and oxygen atoms in total. The summed E-state index contributed by atoms with van der Waals surface area (Å²) in [6, 6.07) is 11.8. The molecule has 0 radical (unpaired) electrons. The fourth-order valence-corrected chi connectivity index (χ4v) is 4.76. The van der Waals surface area contributed by atoms with Gasteiger partial charge in [0.15, 0.2) is 0 Å². The summed E-state index contributed by atoms with van der Waals surface area (Å²) >= 11 is 0. The standard InChI is InChI=1S/C24H31N3O5S/c1-17(2)14-15-25-23(28)22-5-4-16-27(22)24(29)18-6-8-19(9-7-18)26-33(30,31)21-12-10-20(32-3)11-13-21/h6-13,17,22,26H,4-5,14-16H2,1-3H3,(H,25,28). The predicted octanol–water partition coefficient (Wildman–Crippen LogP) is 3.26. The van der Waals surface area contributed by atoms with E-state index in [2.05, 4.69) is 23.9 Å². The highest BCUT2D eigenvalue weighted by Crippen LogP contribution is 2.23. The lowest BCUT2D eigenvalue weighted by Gasteiger charge is -2.24. The SMILES string of the molecule is COc1ccc(S(=O)(=O)Nc2ccc(C(=O)N3CCCC3C(=O)NCCC(C)C)cc2)cc1. The second-order valence-corrected chi connectivity index (χ2v) is 10.2. The highest BCUT2D eigenvalue weighted by molar-refractivity contribution is 7.92. The van der Waals surface area contributed by atoms with E-state index in [0.717, 1.165) is 12.8 Å². The van der Waals surface area contributed by atoms with Crippen molar-refractivity contribution in [2.45, 2.75) is 44.0 Å². The number of carbonyl (C=O) groups excluding carboxylic acids is 2. The van der Waals surface area contributed by atoms with Crippen LogP contribution < -0.4 is 14.8 Å². The molecular formula is C24H31N3O5S. The molecule has 1 saturated heterocycles. The number of sulfonamides is 1. The Morgan fingerprint density at radius 2 is 1.76 bits per heavy atom. The van der Waals surface area contributed by atoms with E-state index < -0.39 is 16.1 Å². The highest BCUT2D eigenvalue weighted by atomic mass is 32.2. The molecule has 1 atom stereocenters. The van der Waals surface area contributed by atoms with Crippen molar-refractivity contribution in [2.24, 2.45) is 5.92 Å². The average Bonchev–Trinajstić information content (AvgIpc) is 3.29. The van der Waals surface area contributed by atoms with Crippen molar-refractivity contribution in [3.63, 3.8) is 0 Å².